The van der Waals surface area contributed by atoms with Gasteiger partial charge in [0.1, 0.15) is 0 Å². The maximum absolute atomic E-state index is 6.05. The van der Waals surface area contributed by atoms with E-state index in [-0.39, 0.29) is 6.04 Å². The molecule has 4 heteroatoms. The number of nitrogens with two attached hydrogens (primary N) is 1. The van der Waals surface area contributed by atoms with Crippen molar-refractivity contribution in [2.75, 3.05) is 38.1 Å². The van der Waals surface area contributed by atoms with Gasteiger partial charge >= 0.3 is 0 Å². The molecule has 0 bridgehead atoms. The van der Waals surface area contributed by atoms with Gasteiger partial charge in [0, 0.05) is 42.4 Å². The summed E-state index contributed by atoms with van der Waals surface area (Å²) in [5.74, 6) is 0. The SMILES string of the molecule is CC(N)c1ccc(Br)cc1N1CCN(C)CC1. The number of piperazine rings is 1. The average molecular weight is 298 g/mol. The fraction of sp³-hybridized carbons (Fsp3) is 0.538. The first kappa shape index (κ1) is 12.9. The van der Waals surface area contributed by atoms with Crippen LogP contribution in [0.5, 0.6) is 0 Å². The fourth-order valence-electron chi connectivity index (χ4n) is 2.22. The van der Waals surface area contributed by atoms with Gasteiger partial charge in [-0.05, 0) is 31.7 Å². The van der Waals surface area contributed by atoms with Crippen molar-refractivity contribution in [3.63, 3.8) is 0 Å². The Kier molecular flexibility index (Phi) is 4.07. The quantitative estimate of drug-likeness (QED) is 0.908. The predicted octanol–water partition coefficient (Wildman–Crippen LogP) is 2.22. The molecule has 1 fully saturated rings. The molecule has 1 heterocycles. The molecule has 0 saturated carbocycles. The van der Waals surface area contributed by atoms with Crippen LogP contribution in [0.25, 0.3) is 0 Å². The standard InChI is InChI=1S/C13H20BrN3/c1-10(15)12-4-3-11(14)9-13(12)17-7-5-16(2)6-8-17/h3-4,9-10H,5-8,15H2,1-2H3. The van der Waals surface area contributed by atoms with Gasteiger partial charge in [-0.3, -0.25) is 0 Å². The number of anilines is 1. The summed E-state index contributed by atoms with van der Waals surface area (Å²) in [6.07, 6.45) is 0. The monoisotopic (exact) mass is 297 g/mol. The Morgan fingerprint density at radius 2 is 1.88 bits per heavy atom. The first-order valence-corrected chi connectivity index (χ1v) is 6.86. The molecule has 0 spiro atoms. The first-order valence-electron chi connectivity index (χ1n) is 6.06. The van der Waals surface area contributed by atoms with Crippen LogP contribution in [0.2, 0.25) is 0 Å². The second-order valence-corrected chi connectivity index (χ2v) is 5.70. The Morgan fingerprint density at radius 3 is 2.47 bits per heavy atom. The first-order chi connectivity index (χ1) is 8.08. The van der Waals surface area contributed by atoms with Gasteiger partial charge in [0.2, 0.25) is 0 Å². The van der Waals surface area contributed by atoms with Gasteiger partial charge < -0.3 is 15.5 Å². The number of benzene rings is 1. The van der Waals surface area contributed by atoms with E-state index in [0.717, 1.165) is 30.7 Å². The molecule has 1 aromatic rings. The molecule has 94 valence electrons. The second-order valence-electron chi connectivity index (χ2n) is 4.78. The zero-order valence-electron chi connectivity index (χ0n) is 10.5. The van der Waals surface area contributed by atoms with Crippen molar-refractivity contribution in [2.24, 2.45) is 5.73 Å². The molecule has 2 N–H and O–H groups in total. The van der Waals surface area contributed by atoms with Crippen molar-refractivity contribution >= 4 is 21.6 Å². The van der Waals surface area contributed by atoms with Crippen molar-refractivity contribution in [3.05, 3.63) is 28.2 Å². The Balaban J connectivity index is 2.26. The topological polar surface area (TPSA) is 32.5 Å². The Hall–Kier alpha value is -0.580. The number of rotatable bonds is 2. The van der Waals surface area contributed by atoms with Crippen LogP contribution in [0.1, 0.15) is 18.5 Å². The third-order valence-electron chi connectivity index (χ3n) is 3.33. The summed E-state index contributed by atoms with van der Waals surface area (Å²) in [7, 11) is 2.17. The van der Waals surface area contributed by atoms with Crippen molar-refractivity contribution in [1.82, 2.24) is 4.90 Å². The normalized spacial score (nSPS) is 19.4. The minimum absolute atomic E-state index is 0.0813. The maximum atomic E-state index is 6.05. The van der Waals surface area contributed by atoms with Crippen LogP contribution in [-0.2, 0) is 0 Å². The van der Waals surface area contributed by atoms with Crippen LogP contribution in [0.3, 0.4) is 0 Å². The van der Waals surface area contributed by atoms with E-state index < -0.39 is 0 Å². The average Bonchev–Trinajstić information content (AvgIpc) is 2.29. The minimum atomic E-state index is 0.0813. The Morgan fingerprint density at radius 1 is 1.24 bits per heavy atom. The van der Waals surface area contributed by atoms with Crippen LogP contribution in [0, 0.1) is 0 Å². The van der Waals surface area contributed by atoms with E-state index >= 15 is 0 Å². The van der Waals surface area contributed by atoms with Gasteiger partial charge in [0.05, 0.1) is 0 Å². The van der Waals surface area contributed by atoms with Gasteiger partial charge in [0.25, 0.3) is 0 Å². The van der Waals surface area contributed by atoms with Crippen LogP contribution in [0.4, 0.5) is 5.69 Å². The molecule has 0 aromatic heterocycles. The van der Waals surface area contributed by atoms with Crippen molar-refractivity contribution in [3.8, 4) is 0 Å². The Bertz CT molecular complexity index is 384. The molecule has 3 nitrogen and oxygen atoms in total. The summed E-state index contributed by atoms with van der Waals surface area (Å²) < 4.78 is 1.12. The van der Waals surface area contributed by atoms with Gasteiger partial charge in [-0.25, -0.2) is 0 Å². The van der Waals surface area contributed by atoms with Crippen molar-refractivity contribution in [2.45, 2.75) is 13.0 Å². The van der Waals surface area contributed by atoms with E-state index in [9.17, 15) is 0 Å². The van der Waals surface area contributed by atoms with Gasteiger partial charge in [-0.15, -0.1) is 0 Å². The third kappa shape index (κ3) is 3.00. The lowest BCUT2D eigenvalue weighted by Gasteiger charge is -2.35. The Labute approximate surface area is 112 Å². The van der Waals surface area contributed by atoms with Crippen molar-refractivity contribution in [1.29, 1.82) is 0 Å². The van der Waals surface area contributed by atoms with Crippen LogP contribution in [-0.4, -0.2) is 38.1 Å². The fourth-order valence-corrected chi connectivity index (χ4v) is 2.57. The number of hydrogen-bond acceptors (Lipinski definition) is 3. The molecular weight excluding hydrogens is 278 g/mol. The molecule has 1 aliphatic rings. The maximum Gasteiger partial charge on any atom is 0.0426 e. The van der Waals surface area contributed by atoms with Gasteiger partial charge in [-0.2, -0.15) is 0 Å². The molecule has 0 radical (unpaired) electrons. The highest BCUT2D eigenvalue weighted by Gasteiger charge is 2.18. The molecule has 1 unspecified atom stereocenters. The predicted molar refractivity (Wildman–Crippen MR) is 76.5 cm³/mol. The number of nitrogens with zero attached hydrogens (tertiary/aromatic N) is 2. The number of likely N-dealkylation sites (N-methyl/N-ethyl adjacent to an activating group) is 1. The lowest BCUT2D eigenvalue weighted by molar-refractivity contribution is 0.312. The van der Waals surface area contributed by atoms with E-state index in [0.29, 0.717) is 0 Å². The second kappa shape index (κ2) is 5.38. The third-order valence-corrected chi connectivity index (χ3v) is 3.82. The summed E-state index contributed by atoms with van der Waals surface area (Å²) in [6.45, 7) is 6.43. The summed E-state index contributed by atoms with van der Waals surface area (Å²) in [4.78, 5) is 4.80. The van der Waals surface area contributed by atoms with Crippen LogP contribution in [0.15, 0.2) is 22.7 Å². The van der Waals surface area contributed by atoms with Crippen molar-refractivity contribution < 1.29 is 0 Å². The largest absolute Gasteiger partial charge is 0.369 e. The molecule has 0 amide bonds. The van der Waals surface area contributed by atoms with Crippen LogP contribution < -0.4 is 10.6 Å². The highest BCUT2D eigenvalue weighted by Crippen LogP contribution is 2.29. The van der Waals surface area contributed by atoms with Gasteiger partial charge in [-0.1, -0.05) is 22.0 Å². The van der Waals surface area contributed by atoms with Gasteiger partial charge in [0.15, 0.2) is 0 Å². The van der Waals surface area contributed by atoms with E-state index in [1.807, 2.05) is 6.92 Å². The smallest absolute Gasteiger partial charge is 0.0426 e. The van der Waals surface area contributed by atoms with E-state index in [2.05, 4.69) is 51.0 Å². The minimum Gasteiger partial charge on any atom is -0.369 e. The van der Waals surface area contributed by atoms with E-state index in [1.54, 1.807) is 0 Å². The number of halogens is 1. The summed E-state index contributed by atoms with van der Waals surface area (Å²) >= 11 is 3.55. The molecule has 1 atom stereocenters. The molecule has 1 saturated heterocycles. The molecule has 1 aromatic carbocycles. The van der Waals surface area contributed by atoms with E-state index in [4.69, 9.17) is 5.73 Å². The summed E-state index contributed by atoms with van der Waals surface area (Å²) in [6, 6.07) is 6.46. The number of hydrogen-bond donors (Lipinski definition) is 1. The van der Waals surface area contributed by atoms with Crippen LogP contribution >= 0.6 is 15.9 Å². The molecular formula is C13H20BrN3. The lowest BCUT2D eigenvalue weighted by atomic mass is 10.1. The zero-order chi connectivity index (χ0) is 12.4. The summed E-state index contributed by atoms with van der Waals surface area (Å²) in [5.41, 5.74) is 8.56. The highest BCUT2D eigenvalue weighted by molar-refractivity contribution is 9.10. The lowest BCUT2D eigenvalue weighted by Crippen LogP contribution is -2.45. The molecule has 17 heavy (non-hydrogen) atoms. The molecule has 0 aliphatic carbocycles. The molecule has 1 aliphatic heterocycles. The zero-order valence-corrected chi connectivity index (χ0v) is 12.1. The highest BCUT2D eigenvalue weighted by atomic mass is 79.9. The van der Waals surface area contributed by atoms with E-state index in [1.165, 1.54) is 11.3 Å². The summed E-state index contributed by atoms with van der Waals surface area (Å²) in [5, 5.41) is 0. The molecule has 2 rings (SSSR count).